The number of fused-ring (bicyclic) bond motifs is 1. The monoisotopic (exact) mass is 491 g/mol. The number of carbonyl (C=O) groups is 1. The van der Waals surface area contributed by atoms with Crippen molar-refractivity contribution in [1.29, 1.82) is 0 Å². The first-order chi connectivity index (χ1) is 15.9. The van der Waals surface area contributed by atoms with Gasteiger partial charge in [-0.1, -0.05) is 29.8 Å². The first-order valence-electron chi connectivity index (χ1n) is 10.6. The topological polar surface area (TPSA) is 76.2 Å². The number of ether oxygens (including phenoxy) is 2. The van der Waals surface area contributed by atoms with Gasteiger partial charge < -0.3 is 14.8 Å². The minimum absolute atomic E-state index is 0.0346. The Balaban J connectivity index is 1.71. The normalized spacial score (nSPS) is 17.8. The highest BCUT2D eigenvalue weighted by Gasteiger charge is 2.31. The van der Waals surface area contributed by atoms with Gasteiger partial charge in [0, 0.05) is 40.6 Å². The Morgan fingerprint density at radius 3 is 2.58 bits per heavy atom. The van der Waals surface area contributed by atoms with E-state index in [9.17, 15) is 9.18 Å². The van der Waals surface area contributed by atoms with Crippen LogP contribution in [0.25, 0.3) is 5.57 Å². The van der Waals surface area contributed by atoms with E-state index in [1.807, 2.05) is 0 Å². The van der Waals surface area contributed by atoms with Gasteiger partial charge in [0.1, 0.15) is 17.3 Å². The Morgan fingerprint density at radius 1 is 1.24 bits per heavy atom. The summed E-state index contributed by atoms with van der Waals surface area (Å²) in [5.74, 6) is 0.376. The van der Waals surface area contributed by atoms with Crippen molar-refractivity contribution in [2.45, 2.75) is 38.0 Å². The van der Waals surface area contributed by atoms with E-state index in [4.69, 9.17) is 32.7 Å². The van der Waals surface area contributed by atoms with E-state index in [2.05, 4.69) is 22.1 Å². The lowest BCUT2D eigenvalue weighted by molar-refractivity contribution is -0.115. The van der Waals surface area contributed by atoms with Crippen LogP contribution in [0.2, 0.25) is 10.0 Å². The molecule has 33 heavy (non-hydrogen) atoms. The van der Waals surface area contributed by atoms with E-state index < -0.39 is 5.91 Å². The van der Waals surface area contributed by atoms with E-state index in [1.54, 1.807) is 20.3 Å². The van der Waals surface area contributed by atoms with Gasteiger partial charge in [-0.2, -0.15) is 5.10 Å². The maximum atomic E-state index is 14.0. The molecule has 0 spiro atoms. The van der Waals surface area contributed by atoms with Crippen molar-refractivity contribution < 1.29 is 18.7 Å². The molecule has 4 rings (SSSR count). The number of rotatable bonds is 6. The largest absolute Gasteiger partial charge is 0.495 e. The number of nitrogens with one attached hydrogen (secondary N) is 2. The standard InChI is InChI=1S/C24H24Cl2FN3O3/c1-4-20(31)28-16-10-13(27)6-8-14(16)24-15-7-5-12(9-17(15)29-30-24)21-22(25)18(32-2)11-19(33-3)23(21)26/h4,10-12H,1,5-9H2,2-3H3,(H,28,31)(H,29,30). The van der Waals surface area contributed by atoms with E-state index in [1.165, 1.54) is 6.08 Å². The molecule has 1 aromatic heterocycles. The number of hydrogen-bond donors (Lipinski definition) is 2. The second kappa shape index (κ2) is 9.61. The number of nitrogens with zero attached hydrogens (tertiary/aromatic N) is 1. The summed E-state index contributed by atoms with van der Waals surface area (Å²) in [4.78, 5) is 11.9. The molecule has 2 aliphatic rings. The van der Waals surface area contributed by atoms with Gasteiger partial charge in [-0.15, -0.1) is 0 Å². The van der Waals surface area contributed by atoms with Crippen LogP contribution in [0.4, 0.5) is 4.39 Å². The minimum atomic E-state index is -0.394. The third kappa shape index (κ3) is 4.39. The quantitative estimate of drug-likeness (QED) is 0.510. The maximum absolute atomic E-state index is 14.0. The lowest BCUT2D eigenvalue weighted by Crippen LogP contribution is -2.22. The number of H-pyrrole nitrogens is 1. The van der Waals surface area contributed by atoms with Crippen LogP contribution in [-0.2, 0) is 17.6 Å². The van der Waals surface area contributed by atoms with Crippen molar-refractivity contribution in [3.63, 3.8) is 0 Å². The number of hydrogen-bond acceptors (Lipinski definition) is 4. The number of allylic oxidation sites excluding steroid dienone is 3. The van der Waals surface area contributed by atoms with Crippen molar-refractivity contribution in [1.82, 2.24) is 15.5 Å². The van der Waals surface area contributed by atoms with Gasteiger partial charge in [-0.3, -0.25) is 9.89 Å². The second-order valence-electron chi connectivity index (χ2n) is 7.97. The summed E-state index contributed by atoms with van der Waals surface area (Å²) in [5, 5.41) is 11.3. The number of benzene rings is 1. The Labute approximate surface area is 201 Å². The lowest BCUT2D eigenvalue weighted by atomic mass is 9.81. The molecule has 9 heteroatoms. The van der Waals surface area contributed by atoms with Gasteiger partial charge in [-0.25, -0.2) is 4.39 Å². The van der Waals surface area contributed by atoms with Gasteiger partial charge in [0.05, 0.1) is 30.0 Å². The number of carbonyl (C=O) groups excluding carboxylic acids is 1. The molecule has 174 valence electrons. The molecule has 1 heterocycles. The predicted octanol–water partition coefficient (Wildman–Crippen LogP) is 5.67. The van der Waals surface area contributed by atoms with Crippen LogP contribution in [0.3, 0.4) is 0 Å². The van der Waals surface area contributed by atoms with E-state index in [-0.39, 0.29) is 18.2 Å². The molecule has 1 amide bonds. The molecule has 1 unspecified atom stereocenters. The molecular weight excluding hydrogens is 468 g/mol. The fraction of sp³-hybridized carbons (Fsp3) is 0.333. The minimum Gasteiger partial charge on any atom is -0.495 e. The van der Waals surface area contributed by atoms with E-state index in [0.717, 1.165) is 47.0 Å². The van der Waals surface area contributed by atoms with Crippen LogP contribution < -0.4 is 14.8 Å². The van der Waals surface area contributed by atoms with E-state index in [0.29, 0.717) is 40.1 Å². The average Bonchev–Trinajstić information content (AvgIpc) is 3.22. The number of amides is 1. The highest BCUT2D eigenvalue weighted by molar-refractivity contribution is 6.38. The van der Waals surface area contributed by atoms with Crippen LogP contribution in [0.5, 0.6) is 11.5 Å². The summed E-state index contributed by atoms with van der Waals surface area (Å²) in [6, 6.07) is 1.68. The SMILES string of the molecule is C=CC(=O)NC1=C(c2n[nH]c3c2CCC(c2c(Cl)c(OC)cc(OC)c2Cl)C3)CCC(F)=C1. The van der Waals surface area contributed by atoms with Crippen molar-refractivity contribution in [2.24, 2.45) is 0 Å². The van der Waals surface area contributed by atoms with Crippen molar-refractivity contribution in [3.8, 4) is 11.5 Å². The highest BCUT2D eigenvalue weighted by atomic mass is 35.5. The fourth-order valence-electron chi connectivity index (χ4n) is 4.50. The molecule has 0 aliphatic heterocycles. The molecule has 2 aromatic rings. The van der Waals surface area contributed by atoms with Crippen LogP contribution in [0.1, 0.15) is 47.7 Å². The highest BCUT2D eigenvalue weighted by Crippen LogP contribution is 2.48. The van der Waals surface area contributed by atoms with Crippen LogP contribution in [0, 0.1) is 0 Å². The number of methoxy groups -OCH3 is 2. The van der Waals surface area contributed by atoms with Crippen molar-refractivity contribution >= 4 is 34.7 Å². The predicted molar refractivity (Wildman–Crippen MR) is 127 cm³/mol. The summed E-state index contributed by atoms with van der Waals surface area (Å²) < 4.78 is 24.8. The van der Waals surface area contributed by atoms with Gasteiger partial charge in [0.25, 0.3) is 0 Å². The van der Waals surface area contributed by atoms with Crippen LogP contribution in [0.15, 0.2) is 36.3 Å². The third-order valence-corrected chi connectivity index (χ3v) is 6.91. The Hall–Kier alpha value is -2.77. The molecule has 0 saturated carbocycles. The molecular formula is C24H24Cl2FN3O3. The van der Waals surface area contributed by atoms with Gasteiger partial charge in [-0.05, 0) is 43.8 Å². The zero-order valence-corrected chi connectivity index (χ0v) is 19.9. The Kier molecular flexibility index (Phi) is 6.81. The number of aromatic nitrogens is 2. The maximum Gasteiger partial charge on any atom is 0.247 e. The van der Waals surface area contributed by atoms with Gasteiger partial charge >= 0.3 is 0 Å². The zero-order valence-electron chi connectivity index (χ0n) is 18.4. The average molecular weight is 492 g/mol. The molecule has 0 saturated heterocycles. The smallest absolute Gasteiger partial charge is 0.247 e. The third-order valence-electron chi connectivity index (χ3n) is 6.13. The molecule has 2 aliphatic carbocycles. The van der Waals surface area contributed by atoms with Crippen LogP contribution in [-0.4, -0.2) is 30.3 Å². The van der Waals surface area contributed by atoms with E-state index >= 15 is 0 Å². The molecule has 0 fully saturated rings. The van der Waals surface area contributed by atoms with Gasteiger partial charge in [0.2, 0.25) is 5.91 Å². The Bertz CT molecular complexity index is 1160. The van der Waals surface area contributed by atoms with Crippen molar-refractivity contribution in [3.05, 3.63) is 68.9 Å². The lowest BCUT2D eigenvalue weighted by Gasteiger charge is -2.26. The molecule has 0 radical (unpaired) electrons. The zero-order chi connectivity index (χ0) is 23.7. The van der Waals surface area contributed by atoms with Crippen LogP contribution >= 0.6 is 23.2 Å². The molecule has 1 atom stereocenters. The molecule has 0 bridgehead atoms. The summed E-state index contributed by atoms with van der Waals surface area (Å²) in [7, 11) is 3.10. The summed E-state index contributed by atoms with van der Waals surface area (Å²) in [6.45, 7) is 3.47. The molecule has 2 N–H and O–H groups in total. The van der Waals surface area contributed by atoms with Gasteiger partial charge in [0.15, 0.2) is 0 Å². The number of aromatic amines is 1. The second-order valence-corrected chi connectivity index (χ2v) is 8.72. The molecule has 1 aromatic carbocycles. The molecule has 6 nitrogen and oxygen atoms in total. The Morgan fingerprint density at radius 2 is 1.94 bits per heavy atom. The fourth-order valence-corrected chi connectivity index (χ4v) is 5.31. The van der Waals surface area contributed by atoms with Crippen molar-refractivity contribution in [2.75, 3.05) is 14.2 Å². The summed E-state index contributed by atoms with van der Waals surface area (Å²) in [5.41, 5.74) is 4.80. The summed E-state index contributed by atoms with van der Waals surface area (Å²) >= 11 is 13.3. The number of halogens is 3. The first-order valence-corrected chi connectivity index (χ1v) is 11.3. The summed E-state index contributed by atoms with van der Waals surface area (Å²) in [6.07, 6.45) is 5.37. The first kappa shape index (κ1) is 23.4.